The lowest BCUT2D eigenvalue weighted by molar-refractivity contribution is -0.117. The zero-order valence-corrected chi connectivity index (χ0v) is 14.3. The summed E-state index contributed by atoms with van der Waals surface area (Å²) >= 11 is 11.9. The molecule has 5 nitrogen and oxygen atoms in total. The van der Waals surface area contributed by atoms with Gasteiger partial charge < -0.3 is 15.0 Å². The molecule has 1 N–H and O–H groups in total. The largest absolute Gasteiger partial charge is 0.465 e. The van der Waals surface area contributed by atoms with Crippen molar-refractivity contribution in [3.8, 4) is 0 Å². The number of anilines is 2. The molecule has 2 aliphatic rings. The highest BCUT2D eigenvalue weighted by Crippen LogP contribution is 2.53. The van der Waals surface area contributed by atoms with Crippen LogP contribution in [-0.4, -0.2) is 36.4 Å². The highest BCUT2D eigenvalue weighted by molar-refractivity contribution is 6.52. The highest BCUT2D eigenvalue weighted by Gasteiger charge is 2.56. The molecule has 1 unspecified atom stereocenters. The van der Waals surface area contributed by atoms with Crippen LogP contribution in [0.3, 0.4) is 0 Å². The van der Waals surface area contributed by atoms with Crippen LogP contribution < -0.4 is 10.2 Å². The van der Waals surface area contributed by atoms with E-state index in [4.69, 9.17) is 27.9 Å². The summed E-state index contributed by atoms with van der Waals surface area (Å²) in [5.74, 6) is -1.08. The van der Waals surface area contributed by atoms with Crippen molar-refractivity contribution in [2.24, 2.45) is 5.92 Å². The van der Waals surface area contributed by atoms with Crippen molar-refractivity contribution in [2.45, 2.75) is 23.6 Å². The van der Waals surface area contributed by atoms with Crippen molar-refractivity contribution in [2.75, 3.05) is 30.4 Å². The van der Waals surface area contributed by atoms with Crippen molar-refractivity contribution in [1.82, 2.24) is 0 Å². The van der Waals surface area contributed by atoms with E-state index in [1.807, 2.05) is 6.07 Å². The first kappa shape index (κ1) is 16.4. The number of ether oxygens (including phenoxy) is 1. The Morgan fingerprint density at radius 3 is 2.52 bits per heavy atom. The molecule has 1 aliphatic heterocycles. The number of carbonyl (C=O) groups excluding carboxylic acids is 2. The lowest BCUT2D eigenvalue weighted by Gasteiger charge is -2.22. The standard InChI is InChI=1S/C16H18Cl2N2O3/c1-23-15(22)10-4-5-13(20-6-2-3-7-20)12(8-10)19-14(21)11-9-16(11,17)18/h4-5,8,11H,2-3,6-7,9H2,1H3,(H,19,21). The molecule has 1 saturated heterocycles. The van der Waals surface area contributed by atoms with E-state index in [0.29, 0.717) is 17.7 Å². The molecule has 7 heteroatoms. The van der Waals surface area contributed by atoms with E-state index >= 15 is 0 Å². The number of methoxy groups -OCH3 is 1. The van der Waals surface area contributed by atoms with Gasteiger partial charge in [-0.2, -0.15) is 0 Å². The Bertz CT molecular complexity index is 642. The predicted molar refractivity (Wildman–Crippen MR) is 90.4 cm³/mol. The number of carbonyl (C=O) groups is 2. The maximum absolute atomic E-state index is 12.3. The third kappa shape index (κ3) is 3.40. The van der Waals surface area contributed by atoms with Gasteiger partial charge in [-0.15, -0.1) is 23.2 Å². The number of nitrogens with zero attached hydrogens (tertiary/aromatic N) is 1. The van der Waals surface area contributed by atoms with Crippen LogP contribution in [0.25, 0.3) is 0 Å². The number of alkyl halides is 2. The van der Waals surface area contributed by atoms with Gasteiger partial charge in [-0.25, -0.2) is 4.79 Å². The van der Waals surface area contributed by atoms with E-state index < -0.39 is 16.2 Å². The molecule has 0 bridgehead atoms. The van der Waals surface area contributed by atoms with Crippen molar-refractivity contribution in [3.05, 3.63) is 23.8 Å². The summed E-state index contributed by atoms with van der Waals surface area (Å²) in [5, 5.41) is 2.87. The Morgan fingerprint density at radius 1 is 1.30 bits per heavy atom. The molecular weight excluding hydrogens is 339 g/mol. The van der Waals surface area contributed by atoms with Crippen LogP contribution in [0.5, 0.6) is 0 Å². The maximum Gasteiger partial charge on any atom is 0.337 e. The molecule has 1 aliphatic carbocycles. The van der Waals surface area contributed by atoms with Gasteiger partial charge >= 0.3 is 5.97 Å². The van der Waals surface area contributed by atoms with Gasteiger partial charge in [0.2, 0.25) is 5.91 Å². The van der Waals surface area contributed by atoms with Crippen LogP contribution in [0.4, 0.5) is 11.4 Å². The van der Waals surface area contributed by atoms with Crippen molar-refractivity contribution < 1.29 is 14.3 Å². The summed E-state index contributed by atoms with van der Waals surface area (Å²) in [5.41, 5.74) is 1.89. The molecule has 1 aromatic carbocycles. The van der Waals surface area contributed by atoms with E-state index in [1.165, 1.54) is 7.11 Å². The summed E-state index contributed by atoms with van der Waals surface area (Å²) in [4.78, 5) is 26.2. The monoisotopic (exact) mass is 356 g/mol. The van der Waals surface area contributed by atoms with Crippen LogP contribution in [0.2, 0.25) is 0 Å². The Balaban J connectivity index is 1.87. The Hall–Kier alpha value is -1.46. The first-order chi connectivity index (χ1) is 10.9. The molecule has 2 fully saturated rings. The summed E-state index contributed by atoms with van der Waals surface area (Å²) in [7, 11) is 1.33. The Kier molecular flexibility index (Phi) is 4.43. The number of benzene rings is 1. The predicted octanol–water partition coefficient (Wildman–Crippen LogP) is 3.21. The molecule has 1 aromatic rings. The summed E-state index contributed by atoms with van der Waals surface area (Å²) in [6.07, 6.45) is 2.67. The van der Waals surface area contributed by atoms with Crippen LogP contribution >= 0.6 is 23.2 Å². The number of amides is 1. The van der Waals surface area contributed by atoms with Crippen molar-refractivity contribution in [1.29, 1.82) is 0 Å². The maximum atomic E-state index is 12.3. The average molecular weight is 357 g/mol. The molecule has 0 aromatic heterocycles. The number of hydrogen-bond acceptors (Lipinski definition) is 4. The zero-order valence-electron chi connectivity index (χ0n) is 12.8. The minimum absolute atomic E-state index is 0.225. The second-order valence-corrected chi connectivity index (χ2v) is 7.47. The van der Waals surface area contributed by atoms with Gasteiger partial charge in [0.05, 0.1) is 30.0 Å². The number of esters is 1. The number of halogens is 2. The van der Waals surface area contributed by atoms with Crippen LogP contribution in [0.15, 0.2) is 18.2 Å². The quantitative estimate of drug-likeness (QED) is 0.664. The molecule has 1 saturated carbocycles. The van der Waals surface area contributed by atoms with Gasteiger partial charge in [0.25, 0.3) is 0 Å². The van der Waals surface area contributed by atoms with E-state index in [9.17, 15) is 9.59 Å². The molecule has 1 heterocycles. The minimum atomic E-state index is -0.974. The third-order valence-corrected chi connectivity index (χ3v) is 5.10. The molecular formula is C16H18Cl2N2O3. The summed E-state index contributed by atoms with van der Waals surface area (Å²) < 4.78 is 3.77. The van der Waals surface area contributed by atoms with Crippen molar-refractivity contribution >= 4 is 46.5 Å². The molecule has 0 radical (unpaired) electrons. The lowest BCUT2D eigenvalue weighted by Crippen LogP contribution is -2.23. The van der Waals surface area contributed by atoms with Crippen LogP contribution in [0, 0.1) is 5.92 Å². The van der Waals surface area contributed by atoms with Gasteiger partial charge in [-0.3, -0.25) is 4.79 Å². The van der Waals surface area contributed by atoms with Gasteiger partial charge in [0.1, 0.15) is 4.33 Å². The number of rotatable bonds is 4. The molecule has 124 valence electrons. The summed E-state index contributed by atoms with van der Waals surface area (Å²) in [6, 6.07) is 5.19. The van der Waals surface area contributed by atoms with Gasteiger partial charge in [-0.05, 0) is 37.5 Å². The number of hydrogen-bond donors (Lipinski definition) is 1. The first-order valence-corrected chi connectivity index (χ1v) is 8.34. The van der Waals surface area contributed by atoms with E-state index in [-0.39, 0.29) is 5.91 Å². The van der Waals surface area contributed by atoms with Gasteiger partial charge in [-0.1, -0.05) is 0 Å². The van der Waals surface area contributed by atoms with Gasteiger partial charge in [0, 0.05) is 13.1 Å². The second-order valence-electron chi connectivity index (χ2n) is 5.92. The zero-order chi connectivity index (χ0) is 16.6. The first-order valence-electron chi connectivity index (χ1n) is 7.58. The van der Waals surface area contributed by atoms with Crippen LogP contribution in [0.1, 0.15) is 29.6 Å². The van der Waals surface area contributed by atoms with E-state index in [1.54, 1.807) is 12.1 Å². The fraction of sp³-hybridized carbons (Fsp3) is 0.500. The Labute approximate surface area is 144 Å². The third-order valence-electron chi connectivity index (χ3n) is 4.26. The fourth-order valence-corrected chi connectivity index (χ4v) is 3.34. The van der Waals surface area contributed by atoms with Crippen LogP contribution in [-0.2, 0) is 9.53 Å². The summed E-state index contributed by atoms with van der Waals surface area (Å²) in [6.45, 7) is 1.86. The normalized spacial score (nSPS) is 21.9. The second kappa shape index (κ2) is 6.21. The van der Waals surface area contributed by atoms with Crippen molar-refractivity contribution in [3.63, 3.8) is 0 Å². The van der Waals surface area contributed by atoms with Gasteiger partial charge in [0.15, 0.2) is 0 Å². The average Bonchev–Trinajstić information content (AvgIpc) is 2.93. The molecule has 23 heavy (non-hydrogen) atoms. The lowest BCUT2D eigenvalue weighted by atomic mass is 10.1. The van der Waals surface area contributed by atoms with E-state index in [2.05, 4.69) is 10.2 Å². The molecule has 3 rings (SSSR count). The molecule has 0 spiro atoms. The molecule has 1 atom stereocenters. The number of nitrogens with one attached hydrogen (secondary N) is 1. The topological polar surface area (TPSA) is 58.6 Å². The highest BCUT2D eigenvalue weighted by atomic mass is 35.5. The minimum Gasteiger partial charge on any atom is -0.465 e. The Morgan fingerprint density at radius 2 is 1.96 bits per heavy atom. The van der Waals surface area contributed by atoms with E-state index in [0.717, 1.165) is 31.6 Å². The molecule has 1 amide bonds. The fourth-order valence-electron chi connectivity index (χ4n) is 2.83. The smallest absolute Gasteiger partial charge is 0.337 e. The SMILES string of the molecule is COC(=O)c1ccc(N2CCCC2)c(NC(=O)C2CC2(Cl)Cl)c1.